The van der Waals surface area contributed by atoms with Gasteiger partial charge in [-0.05, 0) is 35.1 Å². The first-order valence-electron chi connectivity index (χ1n) is 7.27. The zero-order valence-electron chi connectivity index (χ0n) is 12.5. The summed E-state index contributed by atoms with van der Waals surface area (Å²) in [5, 5.41) is 9.08. The molecule has 0 amide bonds. The lowest BCUT2D eigenvalue weighted by Gasteiger charge is -2.13. The van der Waals surface area contributed by atoms with Crippen molar-refractivity contribution < 1.29 is 0 Å². The highest BCUT2D eigenvalue weighted by molar-refractivity contribution is 5.95. The Kier molecular flexibility index (Phi) is 3.78. The van der Waals surface area contributed by atoms with Crippen molar-refractivity contribution in [1.82, 2.24) is 0 Å². The van der Waals surface area contributed by atoms with Gasteiger partial charge in [0.05, 0.1) is 0 Å². The molecule has 0 aliphatic heterocycles. The van der Waals surface area contributed by atoms with Crippen LogP contribution in [0.1, 0.15) is 11.1 Å². The number of benzene rings is 3. The molecule has 2 heteroatoms. The molecule has 21 heavy (non-hydrogen) atoms. The second-order valence-corrected chi connectivity index (χ2v) is 5.19. The van der Waals surface area contributed by atoms with Crippen LogP contribution in [0.5, 0.6) is 0 Å². The van der Waals surface area contributed by atoms with Crippen LogP contribution in [0.3, 0.4) is 0 Å². The lowest BCUT2D eigenvalue weighted by Crippen LogP contribution is -1.98. The minimum Gasteiger partial charge on any atom is -0.388 e. The molecule has 0 aromatic heterocycles. The van der Waals surface area contributed by atoms with E-state index in [0.717, 1.165) is 12.1 Å². The Hall–Kier alpha value is -2.48. The van der Waals surface area contributed by atoms with Crippen LogP contribution in [-0.2, 0) is 6.42 Å². The summed E-state index contributed by atoms with van der Waals surface area (Å²) < 4.78 is 0. The Labute approximate surface area is 125 Å². The summed E-state index contributed by atoms with van der Waals surface area (Å²) in [6.45, 7) is 0. The topological polar surface area (TPSA) is 24.1 Å². The van der Waals surface area contributed by atoms with Gasteiger partial charge in [-0.3, -0.25) is 0 Å². The molecule has 0 radical (unpaired) electrons. The summed E-state index contributed by atoms with van der Waals surface area (Å²) in [5.41, 5.74) is 5.02. The van der Waals surface area contributed by atoms with Gasteiger partial charge < -0.3 is 10.6 Å². The summed E-state index contributed by atoms with van der Waals surface area (Å²) in [6.07, 6.45) is 0.936. The Bertz CT molecular complexity index is 745. The lowest BCUT2D eigenvalue weighted by molar-refractivity contribution is 1.19. The van der Waals surface area contributed by atoms with Crippen molar-refractivity contribution in [2.24, 2.45) is 0 Å². The molecule has 0 bridgehead atoms. The van der Waals surface area contributed by atoms with Gasteiger partial charge in [0.15, 0.2) is 0 Å². The number of hydrogen-bond acceptors (Lipinski definition) is 2. The molecule has 106 valence electrons. The molecule has 3 rings (SSSR count). The molecule has 3 aromatic carbocycles. The average molecular weight is 276 g/mol. The molecule has 3 aromatic rings. The van der Waals surface area contributed by atoms with Gasteiger partial charge >= 0.3 is 0 Å². The molecule has 0 fully saturated rings. The second kappa shape index (κ2) is 5.88. The van der Waals surface area contributed by atoms with E-state index in [0.29, 0.717) is 0 Å². The molecule has 0 aliphatic carbocycles. The summed E-state index contributed by atoms with van der Waals surface area (Å²) >= 11 is 0. The number of nitrogens with one attached hydrogen (secondary N) is 2. The quantitative estimate of drug-likeness (QED) is 0.732. The van der Waals surface area contributed by atoms with Gasteiger partial charge in [0.1, 0.15) is 0 Å². The Balaban J connectivity index is 1.99. The molecule has 0 saturated heterocycles. The van der Waals surface area contributed by atoms with Crippen molar-refractivity contribution in [3.8, 4) is 0 Å². The van der Waals surface area contributed by atoms with E-state index in [4.69, 9.17) is 0 Å². The summed E-state index contributed by atoms with van der Waals surface area (Å²) in [7, 11) is 3.94. The van der Waals surface area contributed by atoms with Gasteiger partial charge in [-0.15, -0.1) is 0 Å². The van der Waals surface area contributed by atoms with E-state index in [9.17, 15) is 0 Å². The maximum absolute atomic E-state index is 3.37. The molecule has 0 unspecified atom stereocenters. The van der Waals surface area contributed by atoms with Crippen molar-refractivity contribution in [3.05, 3.63) is 71.8 Å². The van der Waals surface area contributed by atoms with Gasteiger partial charge in [0.2, 0.25) is 0 Å². The van der Waals surface area contributed by atoms with Crippen molar-refractivity contribution in [1.29, 1.82) is 0 Å². The van der Waals surface area contributed by atoms with E-state index >= 15 is 0 Å². The molecular formula is C19H20N2. The Morgan fingerprint density at radius 1 is 0.762 bits per heavy atom. The standard InChI is InChI=1S/C19H20N2/c1-20-17-11-7-14(8-12-17)13-16-10-9-15-5-3-4-6-18(15)19(16)21-2/h3-12,20-21H,13H2,1-2H3. The fourth-order valence-electron chi connectivity index (χ4n) is 2.77. The van der Waals surface area contributed by atoms with Crippen LogP contribution in [0, 0.1) is 0 Å². The number of hydrogen-bond donors (Lipinski definition) is 2. The first-order valence-corrected chi connectivity index (χ1v) is 7.27. The number of rotatable bonds is 4. The molecule has 0 saturated carbocycles. The molecule has 0 aliphatic rings. The van der Waals surface area contributed by atoms with Crippen LogP contribution in [-0.4, -0.2) is 14.1 Å². The third kappa shape index (κ3) is 2.70. The van der Waals surface area contributed by atoms with Gasteiger partial charge in [-0.25, -0.2) is 0 Å². The summed E-state index contributed by atoms with van der Waals surface area (Å²) in [4.78, 5) is 0. The van der Waals surface area contributed by atoms with E-state index in [1.165, 1.54) is 27.6 Å². The highest BCUT2D eigenvalue weighted by atomic mass is 14.8. The average Bonchev–Trinajstić information content (AvgIpc) is 2.55. The molecule has 2 N–H and O–H groups in total. The zero-order chi connectivity index (χ0) is 14.7. The summed E-state index contributed by atoms with van der Waals surface area (Å²) in [5.74, 6) is 0. The van der Waals surface area contributed by atoms with Crippen LogP contribution in [0.2, 0.25) is 0 Å². The maximum Gasteiger partial charge on any atom is 0.0453 e. The van der Waals surface area contributed by atoms with Crippen molar-refractivity contribution in [3.63, 3.8) is 0 Å². The fraction of sp³-hybridized carbons (Fsp3) is 0.158. The van der Waals surface area contributed by atoms with Gasteiger partial charge in [0, 0.05) is 30.9 Å². The van der Waals surface area contributed by atoms with E-state index in [-0.39, 0.29) is 0 Å². The fourth-order valence-corrected chi connectivity index (χ4v) is 2.77. The number of anilines is 2. The van der Waals surface area contributed by atoms with E-state index in [1.807, 2.05) is 14.1 Å². The minimum atomic E-state index is 0.936. The van der Waals surface area contributed by atoms with E-state index < -0.39 is 0 Å². The van der Waals surface area contributed by atoms with Crippen LogP contribution in [0.25, 0.3) is 10.8 Å². The van der Waals surface area contributed by atoms with Crippen LogP contribution < -0.4 is 10.6 Å². The van der Waals surface area contributed by atoms with Crippen LogP contribution in [0.4, 0.5) is 11.4 Å². The van der Waals surface area contributed by atoms with Gasteiger partial charge in [-0.1, -0.05) is 48.5 Å². The van der Waals surface area contributed by atoms with E-state index in [1.54, 1.807) is 0 Å². The van der Waals surface area contributed by atoms with Gasteiger partial charge in [0.25, 0.3) is 0 Å². The van der Waals surface area contributed by atoms with Crippen molar-refractivity contribution >= 4 is 22.1 Å². The van der Waals surface area contributed by atoms with Crippen molar-refractivity contribution in [2.75, 3.05) is 24.7 Å². The maximum atomic E-state index is 3.37. The third-order valence-electron chi connectivity index (χ3n) is 3.90. The second-order valence-electron chi connectivity index (χ2n) is 5.19. The predicted molar refractivity (Wildman–Crippen MR) is 92.3 cm³/mol. The lowest BCUT2D eigenvalue weighted by atomic mass is 9.98. The SMILES string of the molecule is CNc1ccc(Cc2ccc3ccccc3c2NC)cc1. The normalized spacial score (nSPS) is 10.6. The summed E-state index contributed by atoms with van der Waals surface area (Å²) in [6, 6.07) is 21.5. The first-order chi connectivity index (χ1) is 10.3. The molecule has 0 atom stereocenters. The molecular weight excluding hydrogens is 256 g/mol. The minimum absolute atomic E-state index is 0.936. The highest BCUT2D eigenvalue weighted by Gasteiger charge is 2.07. The van der Waals surface area contributed by atoms with Crippen LogP contribution in [0.15, 0.2) is 60.7 Å². The molecule has 0 spiro atoms. The predicted octanol–water partition coefficient (Wildman–Crippen LogP) is 4.51. The molecule has 2 nitrogen and oxygen atoms in total. The Morgan fingerprint density at radius 2 is 1.52 bits per heavy atom. The van der Waals surface area contributed by atoms with E-state index in [2.05, 4.69) is 71.3 Å². The smallest absolute Gasteiger partial charge is 0.0453 e. The zero-order valence-corrected chi connectivity index (χ0v) is 12.5. The van der Waals surface area contributed by atoms with Crippen LogP contribution >= 0.6 is 0 Å². The number of fused-ring (bicyclic) bond motifs is 1. The highest BCUT2D eigenvalue weighted by Crippen LogP contribution is 2.29. The monoisotopic (exact) mass is 276 g/mol. The largest absolute Gasteiger partial charge is 0.388 e. The third-order valence-corrected chi connectivity index (χ3v) is 3.90. The Morgan fingerprint density at radius 3 is 2.24 bits per heavy atom. The van der Waals surface area contributed by atoms with Gasteiger partial charge in [-0.2, -0.15) is 0 Å². The first kappa shape index (κ1) is 13.5. The van der Waals surface area contributed by atoms with Crippen molar-refractivity contribution in [2.45, 2.75) is 6.42 Å². The molecule has 0 heterocycles.